The molecule has 2 aromatic rings. The molecule has 0 heterocycles. The molecular formula is C23H26O5P+. The molecule has 1 fully saturated rings. The minimum Gasteiger partial charge on any atom is -0.496 e. The van der Waals surface area contributed by atoms with Gasteiger partial charge in [0.15, 0.2) is 5.56 Å². The average Bonchev–Trinajstić information content (AvgIpc) is 3.22. The Morgan fingerprint density at radius 3 is 1.83 bits per heavy atom. The molecule has 0 aliphatic heterocycles. The number of aryl methyl sites for hydroxylation is 2. The van der Waals surface area contributed by atoms with E-state index < -0.39 is 18.5 Å². The molecular weight excluding hydrogens is 387 g/mol. The molecule has 0 radical (unpaired) electrons. The SMILES string of the molecule is COc1cccc(OC)c1C(=O)[P+](=O)C1(C(=O)c2c(C)cccc2C)CCCC1. The molecule has 2 aromatic carbocycles. The first-order valence-electron chi connectivity index (χ1n) is 9.71. The summed E-state index contributed by atoms with van der Waals surface area (Å²) in [6.45, 7) is 3.75. The van der Waals surface area contributed by atoms with Gasteiger partial charge in [-0.25, -0.2) is 4.79 Å². The Hall–Kier alpha value is -2.52. The average molecular weight is 413 g/mol. The van der Waals surface area contributed by atoms with Crippen molar-refractivity contribution >= 4 is 19.1 Å². The molecule has 1 saturated carbocycles. The number of hydrogen-bond donors (Lipinski definition) is 0. The highest BCUT2D eigenvalue weighted by Gasteiger charge is 2.62. The van der Waals surface area contributed by atoms with Crippen LogP contribution >= 0.6 is 7.80 Å². The third-order valence-electron chi connectivity index (χ3n) is 5.78. The monoisotopic (exact) mass is 413 g/mol. The maximum atomic E-state index is 13.7. The van der Waals surface area contributed by atoms with Crippen molar-refractivity contribution in [2.24, 2.45) is 0 Å². The highest BCUT2D eigenvalue weighted by Crippen LogP contribution is 2.55. The van der Waals surface area contributed by atoms with Gasteiger partial charge in [-0.3, -0.25) is 4.79 Å². The van der Waals surface area contributed by atoms with Crippen LogP contribution in [0.25, 0.3) is 0 Å². The smallest absolute Gasteiger partial charge is 0.434 e. The second kappa shape index (κ2) is 8.46. The molecule has 1 atom stereocenters. The first-order chi connectivity index (χ1) is 13.9. The molecule has 0 amide bonds. The topological polar surface area (TPSA) is 69.7 Å². The second-order valence-electron chi connectivity index (χ2n) is 7.47. The molecule has 152 valence electrons. The lowest BCUT2D eigenvalue weighted by atomic mass is 9.89. The summed E-state index contributed by atoms with van der Waals surface area (Å²) in [6, 6.07) is 10.6. The Morgan fingerprint density at radius 1 is 0.862 bits per heavy atom. The summed E-state index contributed by atoms with van der Waals surface area (Å²) in [7, 11) is 0.367. The predicted molar refractivity (Wildman–Crippen MR) is 113 cm³/mol. The van der Waals surface area contributed by atoms with Gasteiger partial charge in [0, 0.05) is 18.4 Å². The molecule has 6 heteroatoms. The van der Waals surface area contributed by atoms with Crippen molar-refractivity contribution in [3.8, 4) is 11.5 Å². The summed E-state index contributed by atoms with van der Waals surface area (Å²) < 4.78 is 24.4. The first-order valence-corrected chi connectivity index (χ1v) is 11.0. The number of Topliss-reactive ketones (excluding diaryl/α,β-unsaturated/α-hetero) is 1. The molecule has 1 aliphatic rings. The van der Waals surface area contributed by atoms with E-state index in [0.29, 0.717) is 29.9 Å². The van der Waals surface area contributed by atoms with E-state index in [-0.39, 0.29) is 11.3 Å². The standard InChI is InChI=1S/C23H26O5P/c1-15-9-7-10-16(2)19(15)21(24)23(13-5-6-14-23)29(26)22(25)20-17(27-3)11-8-12-18(20)28-4/h7-12H,5-6,13-14H2,1-4H3/q+1. The van der Waals surface area contributed by atoms with Crippen molar-refractivity contribution in [3.63, 3.8) is 0 Å². The van der Waals surface area contributed by atoms with E-state index in [0.717, 1.165) is 24.0 Å². The van der Waals surface area contributed by atoms with Crippen LogP contribution in [0.3, 0.4) is 0 Å². The molecule has 1 aliphatic carbocycles. The Bertz CT molecular complexity index is 931. The van der Waals surface area contributed by atoms with Crippen molar-refractivity contribution in [2.75, 3.05) is 14.2 Å². The number of carbonyl (C=O) groups is 2. The summed E-state index contributed by atoms with van der Waals surface area (Å²) in [5.74, 6) is 0.407. The van der Waals surface area contributed by atoms with Gasteiger partial charge in [0.25, 0.3) is 0 Å². The Kier molecular flexibility index (Phi) is 6.18. The van der Waals surface area contributed by atoms with Crippen LogP contribution in [0.15, 0.2) is 36.4 Å². The normalized spacial score (nSPS) is 15.7. The van der Waals surface area contributed by atoms with E-state index in [9.17, 15) is 14.2 Å². The van der Waals surface area contributed by atoms with Crippen LogP contribution in [-0.2, 0) is 4.57 Å². The third-order valence-corrected chi connectivity index (χ3v) is 7.80. The maximum absolute atomic E-state index is 13.7. The summed E-state index contributed by atoms with van der Waals surface area (Å²) in [4.78, 5) is 27.1. The van der Waals surface area contributed by atoms with Crippen molar-refractivity contribution in [2.45, 2.75) is 44.7 Å². The number of hydrogen-bond acceptors (Lipinski definition) is 5. The lowest BCUT2D eigenvalue weighted by molar-refractivity contribution is 0.0929. The van der Waals surface area contributed by atoms with Crippen molar-refractivity contribution in [1.82, 2.24) is 0 Å². The van der Waals surface area contributed by atoms with Gasteiger partial charge < -0.3 is 9.47 Å². The summed E-state index contributed by atoms with van der Waals surface area (Å²) in [5.41, 5.74) is 1.81. The van der Waals surface area contributed by atoms with Gasteiger partial charge in [0.2, 0.25) is 10.9 Å². The van der Waals surface area contributed by atoms with Crippen LogP contribution in [-0.4, -0.2) is 30.7 Å². The summed E-state index contributed by atoms with van der Waals surface area (Å²) in [6.07, 6.45) is 2.43. The number of ether oxygens (including phenoxy) is 2. The minimum atomic E-state index is -2.53. The van der Waals surface area contributed by atoms with Crippen LogP contribution in [0.4, 0.5) is 0 Å². The van der Waals surface area contributed by atoms with Crippen molar-refractivity contribution in [1.29, 1.82) is 0 Å². The van der Waals surface area contributed by atoms with E-state index in [4.69, 9.17) is 9.47 Å². The molecule has 0 saturated heterocycles. The van der Waals surface area contributed by atoms with Gasteiger partial charge in [-0.1, -0.05) is 28.8 Å². The second-order valence-corrected chi connectivity index (χ2v) is 9.32. The largest absolute Gasteiger partial charge is 0.496 e. The number of rotatable bonds is 7. The molecule has 5 nitrogen and oxygen atoms in total. The molecule has 0 aromatic heterocycles. The highest BCUT2D eigenvalue weighted by molar-refractivity contribution is 7.67. The molecule has 1 unspecified atom stereocenters. The quantitative estimate of drug-likeness (QED) is 0.444. The zero-order valence-electron chi connectivity index (χ0n) is 17.3. The lowest BCUT2D eigenvalue weighted by Crippen LogP contribution is -2.34. The molecule has 0 N–H and O–H groups in total. The molecule has 3 rings (SSSR count). The molecule has 0 spiro atoms. The predicted octanol–water partition coefficient (Wildman–Crippen LogP) is 5.48. The van der Waals surface area contributed by atoms with Gasteiger partial charge in [0.05, 0.1) is 14.2 Å². The lowest BCUT2D eigenvalue weighted by Gasteiger charge is -2.19. The van der Waals surface area contributed by atoms with Gasteiger partial charge in [-0.2, -0.15) is 0 Å². The van der Waals surface area contributed by atoms with Gasteiger partial charge in [-0.05, 0) is 49.9 Å². The number of carbonyl (C=O) groups excluding carboxylic acids is 2. The fourth-order valence-electron chi connectivity index (χ4n) is 4.25. The highest BCUT2D eigenvalue weighted by atomic mass is 31.1. The van der Waals surface area contributed by atoms with Crippen LogP contribution in [0, 0.1) is 13.8 Å². The van der Waals surface area contributed by atoms with E-state index in [1.165, 1.54) is 14.2 Å². The number of benzene rings is 2. The van der Waals surface area contributed by atoms with E-state index in [2.05, 4.69) is 0 Å². The van der Waals surface area contributed by atoms with Gasteiger partial charge >= 0.3 is 13.3 Å². The fourth-order valence-corrected chi connectivity index (χ4v) is 6.08. The van der Waals surface area contributed by atoms with E-state index in [1.54, 1.807) is 18.2 Å². The van der Waals surface area contributed by atoms with Crippen LogP contribution in [0.1, 0.15) is 57.5 Å². The summed E-state index contributed by atoms with van der Waals surface area (Å²) >= 11 is 0. The van der Waals surface area contributed by atoms with Crippen molar-refractivity contribution < 1.29 is 23.6 Å². The van der Waals surface area contributed by atoms with Gasteiger partial charge in [0.1, 0.15) is 11.5 Å². The van der Waals surface area contributed by atoms with Crippen LogP contribution in [0.5, 0.6) is 11.5 Å². The Balaban J connectivity index is 2.10. The number of methoxy groups -OCH3 is 2. The summed E-state index contributed by atoms with van der Waals surface area (Å²) in [5, 5.41) is -1.19. The van der Waals surface area contributed by atoms with Crippen molar-refractivity contribution in [3.05, 3.63) is 58.7 Å². The van der Waals surface area contributed by atoms with Gasteiger partial charge in [-0.15, -0.1) is 0 Å². The third kappa shape index (κ3) is 3.60. The number of ketones is 1. The maximum Gasteiger partial charge on any atom is 0.434 e. The van der Waals surface area contributed by atoms with E-state index in [1.807, 2.05) is 32.0 Å². The molecule has 0 bridgehead atoms. The van der Waals surface area contributed by atoms with Crippen LogP contribution in [0.2, 0.25) is 0 Å². The zero-order chi connectivity index (χ0) is 21.2. The Morgan fingerprint density at radius 2 is 1.34 bits per heavy atom. The molecule has 29 heavy (non-hydrogen) atoms. The zero-order valence-corrected chi connectivity index (χ0v) is 18.2. The van der Waals surface area contributed by atoms with E-state index >= 15 is 0 Å². The minimum absolute atomic E-state index is 0.138. The Labute approximate surface area is 172 Å². The fraction of sp³-hybridized carbons (Fsp3) is 0.391. The van der Waals surface area contributed by atoms with Crippen LogP contribution < -0.4 is 9.47 Å². The first kappa shape index (κ1) is 21.2.